The Balaban J connectivity index is 1.78. The van der Waals surface area contributed by atoms with Gasteiger partial charge in [0, 0.05) is 6.04 Å². The number of halogens is 1. The monoisotopic (exact) mass is 289 g/mol. The average molecular weight is 289 g/mol. The van der Waals surface area contributed by atoms with Crippen LogP contribution in [0.25, 0.3) is 0 Å². The van der Waals surface area contributed by atoms with Gasteiger partial charge in [-0.15, -0.1) is 0 Å². The molecule has 0 heterocycles. The third kappa shape index (κ3) is 3.01. The molecule has 0 amide bonds. The van der Waals surface area contributed by atoms with Crippen LogP contribution in [0.4, 0.5) is 4.39 Å². The number of hydrogen-bond donors (Lipinski definition) is 1. The van der Waals surface area contributed by atoms with Gasteiger partial charge < -0.3 is 5.32 Å². The van der Waals surface area contributed by atoms with Crippen LogP contribution in [-0.4, -0.2) is 6.54 Å². The SMILES string of the molecule is CCNC(CC1CC2CCC1C2)c1cc(C)c(F)c(C)c1. The van der Waals surface area contributed by atoms with Crippen LogP contribution in [-0.2, 0) is 0 Å². The van der Waals surface area contributed by atoms with Gasteiger partial charge in [0.1, 0.15) is 5.82 Å². The second-order valence-electron chi connectivity index (χ2n) is 7.25. The summed E-state index contributed by atoms with van der Waals surface area (Å²) in [4.78, 5) is 0. The van der Waals surface area contributed by atoms with E-state index >= 15 is 0 Å². The number of rotatable bonds is 5. The van der Waals surface area contributed by atoms with Crippen molar-refractivity contribution < 1.29 is 4.39 Å². The van der Waals surface area contributed by atoms with Crippen LogP contribution in [0.15, 0.2) is 12.1 Å². The Morgan fingerprint density at radius 1 is 1.19 bits per heavy atom. The van der Waals surface area contributed by atoms with Gasteiger partial charge >= 0.3 is 0 Å². The molecule has 2 fully saturated rings. The van der Waals surface area contributed by atoms with Crippen molar-refractivity contribution in [3.8, 4) is 0 Å². The maximum atomic E-state index is 13.9. The predicted molar refractivity (Wildman–Crippen MR) is 85.8 cm³/mol. The van der Waals surface area contributed by atoms with Crippen LogP contribution in [0.3, 0.4) is 0 Å². The minimum absolute atomic E-state index is 0.0473. The maximum Gasteiger partial charge on any atom is 0.129 e. The van der Waals surface area contributed by atoms with Gasteiger partial charge in [0.25, 0.3) is 0 Å². The van der Waals surface area contributed by atoms with E-state index in [-0.39, 0.29) is 5.82 Å². The van der Waals surface area contributed by atoms with Crippen molar-refractivity contribution in [2.45, 2.75) is 58.9 Å². The summed E-state index contributed by atoms with van der Waals surface area (Å²) in [5.74, 6) is 2.78. The van der Waals surface area contributed by atoms with Crippen molar-refractivity contribution in [1.82, 2.24) is 5.32 Å². The Hall–Kier alpha value is -0.890. The lowest BCUT2D eigenvalue weighted by Crippen LogP contribution is -2.25. The molecule has 116 valence electrons. The first kappa shape index (κ1) is 15.0. The van der Waals surface area contributed by atoms with Crippen LogP contribution in [0.1, 0.15) is 61.8 Å². The Kier molecular flexibility index (Phi) is 4.35. The van der Waals surface area contributed by atoms with E-state index in [0.717, 1.165) is 35.4 Å². The Morgan fingerprint density at radius 3 is 2.43 bits per heavy atom. The second kappa shape index (κ2) is 6.08. The van der Waals surface area contributed by atoms with E-state index < -0.39 is 0 Å². The molecule has 4 atom stereocenters. The van der Waals surface area contributed by atoms with Crippen LogP contribution in [0.5, 0.6) is 0 Å². The van der Waals surface area contributed by atoms with Crippen LogP contribution < -0.4 is 5.32 Å². The fourth-order valence-corrected chi connectivity index (χ4v) is 4.73. The molecule has 3 rings (SSSR count). The van der Waals surface area contributed by atoms with Gasteiger partial charge in [0.2, 0.25) is 0 Å². The molecule has 2 aliphatic carbocycles. The number of hydrogen-bond acceptors (Lipinski definition) is 1. The van der Waals surface area contributed by atoms with Crippen LogP contribution in [0.2, 0.25) is 0 Å². The first-order chi connectivity index (χ1) is 10.1. The smallest absolute Gasteiger partial charge is 0.129 e. The first-order valence-electron chi connectivity index (χ1n) is 8.58. The summed E-state index contributed by atoms with van der Waals surface area (Å²) >= 11 is 0. The molecule has 1 N–H and O–H groups in total. The third-order valence-corrected chi connectivity index (χ3v) is 5.73. The molecule has 2 saturated carbocycles. The van der Waals surface area contributed by atoms with Crippen molar-refractivity contribution in [3.63, 3.8) is 0 Å². The van der Waals surface area contributed by atoms with Gasteiger partial charge in [0.15, 0.2) is 0 Å². The topological polar surface area (TPSA) is 12.0 Å². The number of aryl methyl sites for hydroxylation is 2. The highest BCUT2D eigenvalue weighted by molar-refractivity contribution is 5.32. The van der Waals surface area contributed by atoms with E-state index in [1.54, 1.807) is 0 Å². The normalized spacial score (nSPS) is 29.0. The fraction of sp³-hybridized carbons (Fsp3) is 0.684. The molecule has 0 aromatic heterocycles. The Labute approximate surface area is 128 Å². The Morgan fingerprint density at radius 2 is 1.90 bits per heavy atom. The highest BCUT2D eigenvalue weighted by Gasteiger charge is 2.40. The molecule has 2 aliphatic rings. The lowest BCUT2D eigenvalue weighted by Gasteiger charge is -2.28. The molecule has 2 heteroatoms. The summed E-state index contributed by atoms with van der Waals surface area (Å²) in [6.45, 7) is 6.90. The van der Waals surface area contributed by atoms with E-state index in [1.165, 1.54) is 37.7 Å². The van der Waals surface area contributed by atoms with E-state index in [2.05, 4.69) is 12.2 Å². The molecule has 4 unspecified atom stereocenters. The summed E-state index contributed by atoms with van der Waals surface area (Å²) < 4.78 is 13.9. The molecule has 2 bridgehead atoms. The Bertz CT molecular complexity index is 487. The quantitative estimate of drug-likeness (QED) is 0.811. The molecule has 21 heavy (non-hydrogen) atoms. The molecule has 0 spiro atoms. The summed E-state index contributed by atoms with van der Waals surface area (Å²) in [6, 6.07) is 4.48. The van der Waals surface area contributed by atoms with E-state index in [9.17, 15) is 4.39 Å². The largest absolute Gasteiger partial charge is 0.310 e. The lowest BCUT2D eigenvalue weighted by molar-refractivity contribution is 0.280. The van der Waals surface area contributed by atoms with Gasteiger partial charge in [-0.05, 0) is 80.5 Å². The molecular formula is C19H28FN. The number of benzene rings is 1. The first-order valence-corrected chi connectivity index (χ1v) is 8.58. The zero-order chi connectivity index (χ0) is 15.0. The molecule has 0 saturated heterocycles. The van der Waals surface area contributed by atoms with E-state index in [4.69, 9.17) is 0 Å². The van der Waals surface area contributed by atoms with Gasteiger partial charge in [-0.3, -0.25) is 0 Å². The number of fused-ring (bicyclic) bond motifs is 2. The zero-order valence-electron chi connectivity index (χ0n) is 13.6. The molecule has 1 nitrogen and oxygen atoms in total. The van der Waals surface area contributed by atoms with Crippen molar-refractivity contribution in [1.29, 1.82) is 0 Å². The minimum Gasteiger partial charge on any atom is -0.310 e. The lowest BCUT2D eigenvalue weighted by atomic mass is 9.82. The van der Waals surface area contributed by atoms with Gasteiger partial charge in [-0.2, -0.15) is 0 Å². The maximum absolute atomic E-state index is 13.9. The minimum atomic E-state index is -0.0473. The van der Waals surface area contributed by atoms with Crippen LogP contribution >= 0.6 is 0 Å². The fourth-order valence-electron chi connectivity index (χ4n) is 4.73. The molecule has 1 aromatic rings. The zero-order valence-corrected chi connectivity index (χ0v) is 13.6. The van der Waals surface area contributed by atoms with Gasteiger partial charge in [0.05, 0.1) is 0 Å². The molecular weight excluding hydrogens is 261 g/mol. The van der Waals surface area contributed by atoms with Gasteiger partial charge in [-0.1, -0.05) is 25.5 Å². The summed E-state index contributed by atoms with van der Waals surface area (Å²) in [7, 11) is 0. The summed E-state index contributed by atoms with van der Waals surface area (Å²) in [6.07, 6.45) is 7.01. The van der Waals surface area contributed by atoms with Crippen molar-refractivity contribution in [2.24, 2.45) is 17.8 Å². The van der Waals surface area contributed by atoms with Crippen molar-refractivity contribution >= 4 is 0 Å². The second-order valence-corrected chi connectivity index (χ2v) is 7.25. The predicted octanol–water partition coefficient (Wildman–Crippen LogP) is 4.92. The highest BCUT2D eigenvalue weighted by atomic mass is 19.1. The highest BCUT2D eigenvalue weighted by Crippen LogP contribution is 2.51. The summed E-state index contributed by atoms with van der Waals surface area (Å²) in [5, 5.41) is 3.64. The van der Waals surface area contributed by atoms with Crippen molar-refractivity contribution in [2.75, 3.05) is 6.54 Å². The van der Waals surface area contributed by atoms with Gasteiger partial charge in [-0.25, -0.2) is 4.39 Å². The summed E-state index contributed by atoms with van der Waals surface area (Å²) in [5.41, 5.74) is 2.83. The molecule has 0 radical (unpaired) electrons. The third-order valence-electron chi connectivity index (χ3n) is 5.73. The van der Waals surface area contributed by atoms with E-state index in [1.807, 2.05) is 26.0 Å². The molecule has 1 aromatic carbocycles. The van der Waals surface area contributed by atoms with Crippen molar-refractivity contribution in [3.05, 3.63) is 34.6 Å². The van der Waals surface area contributed by atoms with Crippen LogP contribution in [0, 0.1) is 37.4 Å². The number of nitrogens with one attached hydrogen (secondary N) is 1. The average Bonchev–Trinajstić information content (AvgIpc) is 3.06. The molecule has 0 aliphatic heterocycles. The standard InChI is InChI=1S/C19H28FN/c1-4-21-18(11-16-10-14-5-6-15(16)9-14)17-7-12(2)19(20)13(3)8-17/h7-8,14-16,18,21H,4-6,9-11H2,1-3H3. The van der Waals surface area contributed by atoms with E-state index in [0.29, 0.717) is 6.04 Å².